The Hall–Kier alpha value is -3.23. The van der Waals surface area contributed by atoms with Crippen molar-refractivity contribution in [2.45, 2.75) is 6.54 Å². The summed E-state index contributed by atoms with van der Waals surface area (Å²) in [4.78, 5) is 24.1. The Morgan fingerprint density at radius 1 is 1.08 bits per heavy atom. The van der Waals surface area contributed by atoms with Gasteiger partial charge < -0.3 is 10.6 Å². The van der Waals surface area contributed by atoms with Crippen LogP contribution in [0, 0.1) is 17.5 Å². The van der Waals surface area contributed by atoms with Gasteiger partial charge in [-0.25, -0.2) is 23.0 Å². The van der Waals surface area contributed by atoms with Gasteiger partial charge >= 0.3 is 6.03 Å². The van der Waals surface area contributed by atoms with E-state index in [9.17, 15) is 22.8 Å². The van der Waals surface area contributed by atoms with Crippen LogP contribution in [0.1, 0.15) is 15.9 Å². The van der Waals surface area contributed by atoms with Gasteiger partial charge in [0, 0.05) is 43.9 Å². The van der Waals surface area contributed by atoms with Gasteiger partial charge in [0.2, 0.25) is 0 Å². The number of nitrogens with one attached hydrogen (secondary N) is 2. The first-order chi connectivity index (χ1) is 12.3. The van der Waals surface area contributed by atoms with Gasteiger partial charge in [0.15, 0.2) is 0 Å². The minimum atomic E-state index is -1.08. The average molecular weight is 364 g/mol. The van der Waals surface area contributed by atoms with E-state index < -0.39 is 35.5 Å². The lowest BCUT2D eigenvalue weighted by molar-refractivity contribution is 0.0950. The van der Waals surface area contributed by atoms with Crippen molar-refractivity contribution >= 4 is 23.3 Å². The van der Waals surface area contributed by atoms with Crippen molar-refractivity contribution in [1.82, 2.24) is 10.3 Å². The molecule has 26 heavy (non-hydrogen) atoms. The summed E-state index contributed by atoms with van der Waals surface area (Å²) in [7, 11) is 3.28. The van der Waals surface area contributed by atoms with E-state index in [1.165, 1.54) is 17.1 Å². The summed E-state index contributed by atoms with van der Waals surface area (Å²) in [6.45, 7) is -0.442. The normalized spacial score (nSPS) is 13.3. The number of anilines is 2. The zero-order valence-corrected chi connectivity index (χ0v) is 13.9. The number of urea groups is 1. The molecule has 0 saturated heterocycles. The minimum Gasteiger partial charge on any atom is -0.348 e. The van der Waals surface area contributed by atoms with Gasteiger partial charge in [0.05, 0.1) is 11.4 Å². The number of benzene rings is 2. The highest BCUT2D eigenvalue weighted by Crippen LogP contribution is 2.31. The van der Waals surface area contributed by atoms with Crippen LogP contribution in [0.3, 0.4) is 0 Å². The molecule has 0 spiro atoms. The standard InChI is InChI=1S/C17H15F3N4O2/c1-23-15-4-3-9(5-14(15)22-17(26)24(23)2)16(25)21-8-11-12(19)6-10(18)7-13(11)20/h3-7H,8H2,1-2H3,(H,21,25)(H,22,26). The van der Waals surface area contributed by atoms with E-state index in [1.807, 2.05) is 0 Å². The molecule has 2 N–H and O–H groups in total. The highest BCUT2D eigenvalue weighted by molar-refractivity contribution is 6.01. The number of hydrogen-bond acceptors (Lipinski definition) is 3. The van der Waals surface area contributed by atoms with Gasteiger partial charge in [0.25, 0.3) is 5.91 Å². The second kappa shape index (κ2) is 6.58. The maximum Gasteiger partial charge on any atom is 0.340 e. The van der Waals surface area contributed by atoms with Crippen molar-refractivity contribution in [1.29, 1.82) is 0 Å². The Bertz CT molecular complexity index is 881. The number of carbonyl (C=O) groups excluding carboxylic acids is 2. The van der Waals surface area contributed by atoms with E-state index in [-0.39, 0.29) is 11.6 Å². The lowest BCUT2D eigenvalue weighted by Gasteiger charge is -2.36. The zero-order chi connectivity index (χ0) is 19.0. The lowest BCUT2D eigenvalue weighted by atomic mass is 10.1. The molecule has 0 bridgehead atoms. The first-order valence-electron chi connectivity index (χ1n) is 7.62. The van der Waals surface area contributed by atoms with Crippen molar-refractivity contribution in [3.05, 3.63) is 58.9 Å². The average Bonchev–Trinajstić information content (AvgIpc) is 2.58. The number of carbonyl (C=O) groups is 2. The van der Waals surface area contributed by atoms with Crippen LogP contribution >= 0.6 is 0 Å². The highest BCUT2D eigenvalue weighted by Gasteiger charge is 2.25. The molecule has 136 valence electrons. The largest absolute Gasteiger partial charge is 0.348 e. The van der Waals surface area contributed by atoms with E-state index in [1.54, 1.807) is 25.2 Å². The molecule has 3 amide bonds. The van der Waals surface area contributed by atoms with Crippen LogP contribution in [0.25, 0.3) is 0 Å². The molecule has 6 nitrogen and oxygen atoms in total. The molecule has 2 aromatic carbocycles. The summed E-state index contributed by atoms with van der Waals surface area (Å²) in [5.41, 5.74) is 0.874. The van der Waals surface area contributed by atoms with Crippen LogP contribution in [0.15, 0.2) is 30.3 Å². The third-order valence-electron chi connectivity index (χ3n) is 4.12. The second-order valence-electron chi connectivity index (χ2n) is 5.74. The molecule has 2 aromatic rings. The van der Waals surface area contributed by atoms with Crippen LogP contribution in [0.2, 0.25) is 0 Å². The highest BCUT2D eigenvalue weighted by atomic mass is 19.1. The third kappa shape index (κ3) is 3.15. The first kappa shape index (κ1) is 17.6. The Balaban J connectivity index is 1.78. The summed E-state index contributed by atoms with van der Waals surface area (Å²) in [6.07, 6.45) is 0. The molecule has 0 atom stereocenters. The molecule has 0 unspecified atom stereocenters. The lowest BCUT2D eigenvalue weighted by Crippen LogP contribution is -2.47. The van der Waals surface area contributed by atoms with Crippen LogP contribution in [-0.4, -0.2) is 31.0 Å². The van der Waals surface area contributed by atoms with E-state index >= 15 is 0 Å². The van der Waals surface area contributed by atoms with Crippen molar-refractivity contribution in [3.63, 3.8) is 0 Å². The molecular formula is C17H15F3N4O2. The molecule has 3 rings (SSSR count). The molecule has 1 heterocycles. The summed E-state index contributed by atoms with van der Waals surface area (Å²) in [5, 5.41) is 7.99. The topological polar surface area (TPSA) is 64.7 Å². The summed E-state index contributed by atoms with van der Waals surface area (Å²) in [5.74, 6) is -3.78. The van der Waals surface area contributed by atoms with Crippen LogP contribution < -0.4 is 15.6 Å². The van der Waals surface area contributed by atoms with E-state index in [2.05, 4.69) is 10.6 Å². The number of hydrogen-bond donors (Lipinski definition) is 2. The second-order valence-corrected chi connectivity index (χ2v) is 5.74. The quantitative estimate of drug-likeness (QED) is 0.880. The summed E-state index contributed by atoms with van der Waals surface area (Å²) in [6, 6.07) is 5.35. The number of hydrazine groups is 1. The van der Waals surface area contributed by atoms with E-state index in [0.717, 1.165) is 0 Å². The van der Waals surface area contributed by atoms with Gasteiger partial charge in [-0.15, -0.1) is 0 Å². The monoisotopic (exact) mass is 364 g/mol. The van der Waals surface area contributed by atoms with Gasteiger partial charge in [0.1, 0.15) is 17.5 Å². The van der Waals surface area contributed by atoms with Crippen molar-refractivity contribution in [3.8, 4) is 0 Å². The fraction of sp³-hybridized carbons (Fsp3) is 0.176. The first-order valence-corrected chi connectivity index (χ1v) is 7.62. The zero-order valence-electron chi connectivity index (χ0n) is 13.9. The smallest absolute Gasteiger partial charge is 0.340 e. The van der Waals surface area contributed by atoms with E-state index in [0.29, 0.717) is 23.5 Å². The third-order valence-corrected chi connectivity index (χ3v) is 4.12. The molecule has 1 aliphatic heterocycles. The van der Waals surface area contributed by atoms with Crippen molar-refractivity contribution in [2.24, 2.45) is 0 Å². The van der Waals surface area contributed by atoms with Crippen LogP contribution in [-0.2, 0) is 6.54 Å². The van der Waals surface area contributed by atoms with Gasteiger partial charge in [-0.1, -0.05) is 0 Å². The van der Waals surface area contributed by atoms with Crippen molar-refractivity contribution < 1.29 is 22.8 Å². The fourth-order valence-corrected chi connectivity index (χ4v) is 2.57. The molecule has 1 aliphatic rings. The summed E-state index contributed by atoms with van der Waals surface area (Å²) < 4.78 is 40.2. The Kier molecular flexibility index (Phi) is 4.45. The van der Waals surface area contributed by atoms with E-state index in [4.69, 9.17) is 0 Å². The fourth-order valence-electron chi connectivity index (χ4n) is 2.57. The number of nitrogens with zero attached hydrogens (tertiary/aromatic N) is 2. The molecule has 0 aliphatic carbocycles. The molecular weight excluding hydrogens is 349 g/mol. The van der Waals surface area contributed by atoms with Gasteiger partial charge in [-0.05, 0) is 18.2 Å². The van der Waals surface area contributed by atoms with Gasteiger partial charge in [-0.2, -0.15) is 0 Å². The number of halogens is 3. The van der Waals surface area contributed by atoms with Crippen LogP contribution in [0.4, 0.5) is 29.3 Å². The Morgan fingerprint density at radius 2 is 1.73 bits per heavy atom. The summed E-state index contributed by atoms with van der Waals surface area (Å²) >= 11 is 0. The molecule has 0 saturated carbocycles. The SMILES string of the molecule is CN1C(=O)Nc2cc(C(=O)NCc3c(F)cc(F)cc3F)ccc2N1C. The molecule has 9 heteroatoms. The maximum absolute atomic E-state index is 13.6. The van der Waals surface area contributed by atoms with Gasteiger partial charge in [-0.3, -0.25) is 9.80 Å². The predicted octanol–water partition coefficient (Wildman–Crippen LogP) is 2.86. The number of rotatable bonds is 3. The number of fused-ring (bicyclic) bond motifs is 1. The van der Waals surface area contributed by atoms with Crippen LogP contribution in [0.5, 0.6) is 0 Å². The molecule has 0 aromatic heterocycles. The maximum atomic E-state index is 13.6. The van der Waals surface area contributed by atoms with Crippen molar-refractivity contribution in [2.75, 3.05) is 24.4 Å². The molecule has 0 radical (unpaired) electrons. The Labute approximate surface area is 147 Å². The molecule has 0 fully saturated rings. The number of amides is 3. The minimum absolute atomic E-state index is 0.199. The predicted molar refractivity (Wildman–Crippen MR) is 89.1 cm³/mol. The Morgan fingerprint density at radius 3 is 2.38 bits per heavy atom.